The number of nitrogens with one attached hydrogen (secondary N) is 1. The highest BCUT2D eigenvalue weighted by Gasteiger charge is 2.38. The highest BCUT2D eigenvalue weighted by Crippen LogP contribution is 2.46. The fourth-order valence-electron chi connectivity index (χ4n) is 3.46. The molecular formula is C20H23N3O2. The molecule has 1 aliphatic heterocycles. The Morgan fingerprint density at radius 1 is 1.20 bits per heavy atom. The molecule has 0 radical (unpaired) electrons. The molecule has 2 atom stereocenters. The number of amides is 1. The molecule has 2 aromatic rings. The average Bonchev–Trinajstić information content (AvgIpc) is 3.47. The number of carbonyl (C=O) groups excluding carboxylic acids is 1. The quantitative estimate of drug-likeness (QED) is 0.911. The van der Waals surface area contributed by atoms with E-state index in [0.29, 0.717) is 24.1 Å². The molecule has 2 heterocycles. The molecule has 2 fully saturated rings. The second-order valence-corrected chi connectivity index (χ2v) is 6.72. The van der Waals surface area contributed by atoms with E-state index < -0.39 is 0 Å². The summed E-state index contributed by atoms with van der Waals surface area (Å²) in [6.07, 6.45) is 2.86. The first kappa shape index (κ1) is 16.1. The van der Waals surface area contributed by atoms with Crippen molar-refractivity contribution in [2.24, 2.45) is 5.92 Å². The van der Waals surface area contributed by atoms with Crippen molar-refractivity contribution in [1.29, 1.82) is 0 Å². The molecule has 130 valence electrons. The molecule has 0 unspecified atom stereocenters. The van der Waals surface area contributed by atoms with Crippen LogP contribution >= 0.6 is 0 Å². The largest absolute Gasteiger partial charge is 0.378 e. The van der Waals surface area contributed by atoms with E-state index in [9.17, 15) is 4.79 Å². The van der Waals surface area contributed by atoms with Crippen molar-refractivity contribution in [2.45, 2.75) is 12.3 Å². The highest BCUT2D eigenvalue weighted by atomic mass is 16.5. The zero-order valence-electron chi connectivity index (χ0n) is 14.2. The van der Waals surface area contributed by atoms with Gasteiger partial charge in [-0.2, -0.15) is 0 Å². The van der Waals surface area contributed by atoms with Gasteiger partial charge in [-0.05, 0) is 36.0 Å². The van der Waals surface area contributed by atoms with Crippen LogP contribution in [0.1, 0.15) is 28.4 Å². The molecule has 1 aromatic carbocycles. The molecule has 1 N–H and O–H groups in total. The van der Waals surface area contributed by atoms with Gasteiger partial charge in [0.1, 0.15) is 5.69 Å². The van der Waals surface area contributed by atoms with Crippen molar-refractivity contribution in [3.05, 3.63) is 59.9 Å². The van der Waals surface area contributed by atoms with Gasteiger partial charge < -0.3 is 15.0 Å². The normalized spacial score (nSPS) is 22.5. The van der Waals surface area contributed by atoms with Crippen molar-refractivity contribution in [2.75, 3.05) is 37.7 Å². The van der Waals surface area contributed by atoms with Gasteiger partial charge in [0, 0.05) is 31.5 Å². The third-order valence-corrected chi connectivity index (χ3v) is 5.03. The van der Waals surface area contributed by atoms with E-state index >= 15 is 0 Å². The fraction of sp³-hybridized carbons (Fsp3) is 0.400. The molecule has 4 rings (SSSR count). The van der Waals surface area contributed by atoms with Crippen LogP contribution < -0.4 is 10.2 Å². The minimum atomic E-state index is -0.0891. The maximum absolute atomic E-state index is 12.4. The van der Waals surface area contributed by atoms with Gasteiger partial charge in [-0.3, -0.25) is 9.78 Å². The third kappa shape index (κ3) is 3.82. The van der Waals surface area contributed by atoms with Crippen LogP contribution in [0.4, 0.5) is 5.69 Å². The first-order valence-electron chi connectivity index (χ1n) is 8.93. The smallest absolute Gasteiger partial charge is 0.269 e. The summed E-state index contributed by atoms with van der Waals surface area (Å²) in [6.45, 7) is 3.87. The zero-order valence-corrected chi connectivity index (χ0v) is 14.2. The Morgan fingerprint density at radius 2 is 2.00 bits per heavy atom. The predicted octanol–water partition coefficient (Wildman–Crippen LogP) is 2.45. The third-order valence-electron chi connectivity index (χ3n) is 5.03. The van der Waals surface area contributed by atoms with E-state index in [2.05, 4.69) is 39.5 Å². The Balaban J connectivity index is 1.33. The van der Waals surface area contributed by atoms with E-state index in [1.54, 1.807) is 6.20 Å². The van der Waals surface area contributed by atoms with Crippen LogP contribution in [0.5, 0.6) is 0 Å². The molecule has 0 spiro atoms. The Labute approximate surface area is 148 Å². The summed E-state index contributed by atoms with van der Waals surface area (Å²) in [6, 6.07) is 14.3. The number of aromatic nitrogens is 1. The van der Waals surface area contributed by atoms with E-state index in [4.69, 9.17) is 4.74 Å². The monoisotopic (exact) mass is 337 g/mol. The van der Waals surface area contributed by atoms with Crippen molar-refractivity contribution in [3.8, 4) is 0 Å². The van der Waals surface area contributed by atoms with Gasteiger partial charge in [0.2, 0.25) is 0 Å². The fourth-order valence-corrected chi connectivity index (χ4v) is 3.46. The highest BCUT2D eigenvalue weighted by molar-refractivity contribution is 5.93. The van der Waals surface area contributed by atoms with Gasteiger partial charge in [0.15, 0.2) is 0 Å². The second-order valence-electron chi connectivity index (χ2n) is 6.72. The molecular weight excluding hydrogens is 314 g/mol. The standard InChI is InChI=1S/C20H23N3O2/c24-20(22-14-16-12-18(16)15-4-2-1-3-5-15)19-13-17(6-7-21-19)23-8-10-25-11-9-23/h1-7,13,16,18H,8-12,14H2,(H,22,24)/t16-,18-/m0/s1. The van der Waals surface area contributed by atoms with Gasteiger partial charge in [-0.15, -0.1) is 0 Å². The summed E-state index contributed by atoms with van der Waals surface area (Å²) in [4.78, 5) is 18.9. The van der Waals surface area contributed by atoms with Gasteiger partial charge in [0.25, 0.3) is 5.91 Å². The number of nitrogens with zero attached hydrogens (tertiary/aromatic N) is 2. The number of hydrogen-bond acceptors (Lipinski definition) is 4. The molecule has 0 bridgehead atoms. The van der Waals surface area contributed by atoms with Crippen LogP contribution in [0.3, 0.4) is 0 Å². The van der Waals surface area contributed by atoms with E-state index in [0.717, 1.165) is 38.4 Å². The molecule has 25 heavy (non-hydrogen) atoms. The Bertz CT molecular complexity index is 729. The first-order chi connectivity index (χ1) is 12.3. The van der Waals surface area contributed by atoms with Crippen LogP contribution in [-0.2, 0) is 4.74 Å². The lowest BCUT2D eigenvalue weighted by atomic mass is 10.1. The topological polar surface area (TPSA) is 54.5 Å². The second kappa shape index (κ2) is 7.23. The molecule has 1 aliphatic carbocycles. The van der Waals surface area contributed by atoms with Gasteiger partial charge in [0.05, 0.1) is 13.2 Å². The van der Waals surface area contributed by atoms with Gasteiger partial charge in [-0.1, -0.05) is 30.3 Å². The number of anilines is 1. The summed E-state index contributed by atoms with van der Waals surface area (Å²) < 4.78 is 5.38. The van der Waals surface area contributed by atoms with Crippen LogP contribution in [0.2, 0.25) is 0 Å². The number of morpholine rings is 1. The van der Waals surface area contributed by atoms with E-state index in [-0.39, 0.29) is 5.91 Å². The van der Waals surface area contributed by atoms with Crippen molar-refractivity contribution in [3.63, 3.8) is 0 Å². The number of rotatable bonds is 5. The molecule has 5 heteroatoms. The number of ether oxygens (including phenoxy) is 1. The van der Waals surface area contributed by atoms with Gasteiger partial charge in [-0.25, -0.2) is 0 Å². The van der Waals surface area contributed by atoms with Crippen molar-refractivity contribution in [1.82, 2.24) is 10.3 Å². The number of benzene rings is 1. The molecule has 1 amide bonds. The number of pyridine rings is 1. The Hall–Kier alpha value is -2.40. The zero-order chi connectivity index (χ0) is 17.1. The number of carbonyl (C=O) groups is 1. The summed E-state index contributed by atoms with van der Waals surface area (Å²) in [5.41, 5.74) is 2.90. The summed E-state index contributed by atoms with van der Waals surface area (Å²) in [5.74, 6) is 1.02. The van der Waals surface area contributed by atoms with Gasteiger partial charge >= 0.3 is 0 Å². The average molecular weight is 337 g/mol. The minimum absolute atomic E-state index is 0.0891. The Kier molecular flexibility index (Phi) is 4.65. The van der Waals surface area contributed by atoms with Crippen LogP contribution in [-0.4, -0.2) is 43.7 Å². The van der Waals surface area contributed by atoms with Crippen LogP contribution in [0.25, 0.3) is 0 Å². The van der Waals surface area contributed by atoms with Crippen molar-refractivity contribution >= 4 is 11.6 Å². The maximum Gasteiger partial charge on any atom is 0.269 e. The lowest BCUT2D eigenvalue weighted by Gasteiger charge is -2.28. The number of hydrogen-bond donors (Lipinski definition) is 1. The van der Waals surface area contributed by atoms with E-state index in [1.165, 1.54) is 5.56 Å². The van der Waals surface area contributed by atoms with E-state index in [1.807, 2.05) is 18.2 Å². The minimum Gasteiger partial charge on any atom is -0.378 e. The molecule has 1 saturated carbocycles. The lowest BCUT2D eigenvalue weighted by molar-refractivity contribution is 0.0946. The van der Waals surface area contributed by atoms with Crippen LogP contribution in [0, 0.1) is 5.92 Å². The molecule has 1 saturated heterocycles. The summed E-state index contributed by atoms with van der Waals surface area (Å²) in [5, 5.41) is 3.05. The Morgan fingerprint density at radius 3 is 2.80 bits per heavy atom. The lowest BCUT2D eigenvalue weighted by Crippen LogP contribution is -2.36. The summed E-state index contributed by atoms with van der Waals surface area (Å²) >= 11 is 0. The van der Waals surface area contributed by atoms with Crippen molar-refractivity contribution < 1.29 is 9.53 Å². The maximum atomic E-state index is 12.4. The summed E-state index contributed by atoms with van der Waals surface area (Å²) in [7, 11) is 0. The molecule has 1 aromatic heterocycles. The first-order valence-corrected chi connectivity index (χ1v) is 8.93. The molecule has 5 nitrogen and oxygen atoms in total. The molecule has 2 aliphatic rings. The SMILES string of the molecule is O=C(NC[C@@H]1C[C@H]1c1ccccc1)c1cc(N2CCOCC2)ccn1. The predicted molar refractivity (Wildman–Crippen MR) is 96.9 cm³/mol. The van der Waals surface area contributed by atoms with Crippen LogP contribution in [0.15, 0.2) is 48.7 Å².